The largest absolute Gasteiger partial charge is 0.385 e. The van der Waals surface area contributed by atoms with Crippen LogP contribution in [0.3, 0.4) is 0 Å². The van der Waals surface area contributed by atoms with Crippen LogP contribution in [0.4, 0.5) is 0 Å². The Labute approximate surface area is 135 Å². The molecule has 1 atom stereocenters. The van der Waals surface area contributed by atoms with Crippen LogP contribution in [0.25, 0.3) is 5.53 Å². The van der Waals surface area contributed by atoms with Crippen molar-refractivity contribution >= 4 is 41.6 Å². The second-order valence-corrected chi connectivity index (χ2v) is 8.57. The topological polar surface area (TPSA) is 105 Å². The number of rotatable bonds is 2. The van der Waals surface area contributed by atoms with Crippen LogP contribution < -0.4 is 0 Å². The summed E-state index contributed by atoms with van der Waals surface area (Å²) in [5.41, 5.74) is 9.21. The van der Waals surface area contributed by atoms with Gasteiger partial charge in [-0.15, -0.1) is 0 Å². The molecule has 0 N–H and O–H groups in total. The highest BCUT2D eigenvalue weighted by molar-refractivity contribution is 8.08. The Balaban J connectivity index is 2.49. The highest BCUT2D eigenvalue weighted by atomic mass is 35.5. The summed E-state index contributed by atoms with van der Waals surface area (Å²) in [6.45, 7) is 0. The molecule has 6 nitrogen and oxygen atoms in total. The van der Waals surface area contributed by atoms with E-state index in [1.165, 1.54) is 18.2 Å². The molecule has 1 saturated carbocycles. The molecule has 2 aliphatic rings. The van der Waals surface area contributed by atoms with E-state index in [0.29, 0.717) is 12.8 Å². The summed E-state index contributed by atoms with van der Waals surface area (Å²) in [7, 11) is -6.93. The molecule has 0 aromatic carbocycles. The SMILES string of the molecule is [N-]=[N+]=C(C1CCCCC1)S(=O)(=O)C1C=CC=C(Cl)C1=S(=O)=O. The van der Waals surface area contributed by atoms with Gasteiger partial charge in [-0.1, -0.05) is 43.0 Å². The van der Waals surface area contributed by atoms with Crippen LogP contribution in [0.2, 0.25) is 0 Å². The van der Waals surface area contributed by atoms with Crippen LogP contribution in [-0.2, 0) is 20.1 Å². The summed E-state index contributed by atoms with van der Waals surface area (Å²) in [5.74, 6) is -0.386. The van der Waals surface area contributed by atoms with E-state index in [1.807, 2.05) is 0 Å². The second-order valence-electron chi connectivity index (χ2n) is 5.24. The van der Waals surface area contributed by atoms with Crippen LogP contribution in [0.15, 0.2) is 23.3 Å². The predicted octanol–water partition coefficient (Wildman–Crippen LogP) is 1.72. The summed E-state index contributed by atoms with van der Waals surface area (Å²) in [6, 6.07) is 0. The van der Waals surface area contributed by atoms with E-state index in [4.69, 9.17) is 11.6 Å². The second kappa shape index (κ2) is 6.91. The Hall–Kier alpha value is -1.21. The minimum Gasteiger partial charge on any atom is -0.360 e. The maximum Gasteiger partial charge on any atom is 0.385 e. The molecule has 2 aliphatic carbocycles. The third kappa shape index (κ3) is 3.25. The number of hydrogen-bond donors (Lipinski definition) is 0. The van der Waals surface area contributed by atoms with Gasteiger partial charge in [0, 0.05) is 0 Å². The van der Waals surface area contributed by atoms with E-state index in [2.05, 4.69) is 4.79 Å². The van der Waals surface area contributed by atoms with E-state index in [0.717, 1.165) is 19.3 Å². The standard InChI is InChI=1S/C13H15ClN2O4S2/c14-10-7-4-8-11(12(10)21(17)18)22(19,20)13(16-15)9-5-2-1-3-6-9/h4,7-9,11H,1-3,5-6H2. The van der Waals surface area contributed by atoms with E-state index in [-0.39, 0.29) is 16.0 Å². The fourth-order valence-electron chi connectivity index (χ4n) is 2.82. The molecular formula is C13H15ClN2O4S2. The first-order chi connectivity index (χ1) is 10.4. The van der Waals surface area contributed by atoms with Gasteiger partial charge < -0.3 is 5.53 Å². The number of nitrogens with zero attached hydrogens (tertiary/aromatic N) is 2. The Morgan fingerprint density at radius 2 is 1.91 bits per heavy atom. The van der Waals surface area contributed by atoms with Gasteiger partial charge in [0.15, 0.2) is 0 Å². The zero-order valence-electron chi connectivity index (χ0n) is 11.6. The molecule has 0 amide bonds. The van der Waals surface area contributed by atoms with E-state index >= 15 is 0 Å². The lowest BCUT2D eigenvalue weighted by Gasteiger charge is -2.20. The average Bonchev–Trinajstić information content (AvgIpc) is 2.48. The monoisotopic (exact) mass is 362 g/mol. The van der Waals surface area contributed by atoms with Gasteiger partial charge in [-0.2, -0.15) is 13.2 Å². The van der Waals surface area contributed by atoms with Gasteiger partial charge in [0.1, 0.15) is 10.1 Å². The predicted molar refractivity (Wildman–Crippen MR) is 84.9 cm³/mol. The van der Waals surface area contributed by atoms with Crippen molar-refractivity contribution in [2.45, 2.75) is 37.4 Å². The maximum atomic E-state index is 12.8. The lowest BCUT2D eigenvalue weighted by molar-refractivity contribution is -0.00904. The summed E-state index contributed by atoms with van der Waals surface area (Å²) < 4.78 is 48.2. The number of sulfone groups is 1. The van der Waals surface area contributed by atoms with Crippen LogP contribution in [0.5, 0.6) is 0 Å². The van der Waals surface area contributed by atoms with Crippen molar-refractivity contribution < 1.29 is 21.6 Å². The minimum absolute atomic E-state index is 0.148. The third-order valence-corrected chi connectivity index (χ3v) is 7.36. The van der Waals surface area contributed by atoms with Crippen LogP contribution in [-0.4, -0.2) is 36.8 Å². The van der Waals surface area contributed by atoms with E-state index < -0.39 is 30.2 Å². The average molecular weight is 363 g/mol. The molecular weight excluding hydrogens is 348 g/mol. The number of allylic oxidation sites excluding steroid dienone is 3. The Morgan fingerprint density at radius 1 is 1.27 bits per heavy atom. The third-order valence-electron chi connectivity index (χ3n) is 3.88. The van der Waals surface area contributed by atoms with Gasteiger partial charge in [-0.3, -0.25) is 0 Å². The summed E-state index contributed by atoms with van der Waals surface area (Å²) in [5, 5.41) is -1.95. The van der Waals surface area contributed by atoms with E-state index in [1.54, 1.807) is 0 Å². The molecule has 1 unspecified atom stereocenters. The molecule has 0 aromatic heterocycles. The van der Waals surface area contributed by atoms with Crippen molar-refractivity contribution in [3.8, 4) is 0 Å². The summed E-state index contributed by atoms with van der Waals surface area (Å²) in [4.78, 5) is 2.58. The Kier molecular flexibility index (Phi) is 5.39. The van der Waals surface area contributed by atoms with Crippen molar-refractivity contribution in [2.24, 2.45) is 5.92 Å². The molecule has 0 aliphatic heterocycles. The van der Waals surface area contributed by atoms with Gasteiger partial charge in [0.25, 0.3) is 9.84 Å². The minimum atomic E-state index is -4.14. The van der Waals surface area contributed by atoms with Gasteiger partial charge in [0.05, 0.1) is 11.0 Å². The Bertz CT molecular complexity index is 804. The van der Waals surface area contributed by atoms with Gasteiger partial charge in [-0.05, 0) is 18.9 Å². The van der Waals surface area contributed by atoms with Gasteiger partial charge >= 0.3 is 5.04 Å². The molecule has 0 spiro atoms. The molecule has 0 bridgehead atoms. The summed E-state index contributed by atoms with van der Waals surface area (Å²) in [6.07, 6.45) is 7.86. The zero-order chi connectivity index (χ0) is 16.3. The quantitative estimate of drug-likeness (QED) is 0.245. The van der Waals surface area contributed by atoms with Crippen molar-refractivity contribution in [1.82, 2.24) is 0 Å². The maximum absolute atomic E-state index is 12.8. The zero-order valence-corrected chi connectivity index (χ0v) is 14.0. The molecule has 0 saturated heterocycles. The fourth-order valence-corrected chi connectivity index (χ4v) is 6.15. The fraction of sp³-hybridized carbons (Fsp3) is 0.538. The first-order valence-electron chi connectivity index (χ1n) is 6.86. The smallest absolute Gasteiger partial charge is 0.360 e. The van der Waals surface area contributed by atoms with Crippen LogP contribution in [0, 0.1) is 5.92 Å². The van der Waals surface area contributed by atoms with Crippen LogP contribution >= 0.6 is 11.6 Å². The molecule has 0 radical (unpaired) electrons. The van der Waals surface area contributed by atoms with Gasteiger partial charge in [0.2, 0.25) is 10.3 Å². The molecule has 2 rings (SSSR count). The Morgan fingerprint density at radius 3 is 2.45 bits per heavy atom. The highest BCUT2D eigenvalue weighted by Crippen LogP contribution is 2.29. The van der Waals surface area contributed by atoms with Crippen molar-refractivity contribution in [3.05, 3.63) is 28.8 Å². The normalized spacial score (nSPS) is 22.9. The van der Waals surface area contributed by atoms with Crippen LogP contribution in [0.1, 0.15) is 32.1 Å². The lowest BCUT2D eigenvalue weighted by Crippen LogP contribution is -2.39. The van der Waals surface area contributed by atoms with E-state index in [9.17, 15) is 22.4 Å². The number of halogens is 1. The first kappa shape index (κ1) is 17.1. The van der Waals surface area contributed by atoms with Crippen molar-refractivity contribution in [2.75, 3.05) is 0 Å². The first-order valence-corrected chi connectivity index (χ1v) is 9.85. The van der Waals surface area contributed by atoms with Crippen molar-refractivity contribution in [3.63, 3.8) is 0 Å². The molecule has 1 fully saturated rings. The molecule has 9 heteroatoms. The molecule has 22 heavy (non-hydrogen) atoms. The lowest BCUT2D eigenvalue weighted by atomic mass is 9.90. The highest BCUT2D eigenvalue weighted by Gasteiger charge is 2.45. The summed E-state index contributed by atoms with van der Waals surface area (Å²) >= 11 is 5.83. The number of hydrogen-bond acceptors (Lipinski definition) is 4. The van der Waals surface area contributed by atoms with Gasteiger partial charge in [-0.25, -0.2) is 8.42 Å². The molecule has 0 aromatic rings. The van der Waals surface area contributed by atoms with Crippen molar-refractivity contribution in [1.29, 1.82) is 0 Å². The molecule has 0 heterocycles. The molecule has 120 valence electrons.